The summed E-state index contributed by atoms with van der Waals surface area (Å²) < 4.78 is 49.2. The predicted octanol–water partition coefficient (Wildman–Crippen LogP) is 2.27. The predicted molar refractivity (Wildman–Crippen MR) is 55.5 cm³/mol. The average molecular weight is 271 g/mol. The summed E-state index contributed by atoms with van der Waals surface area (Å²) in [5, 5.41) is 18.9. The minimum absolute atomic E-state index is 0.0267. The number of nitriles is 2. The highest BCUT2D eigenvalue weighted by Gasteiger charge is 2.48. The second-order valence-electron chi connectivity index (χ2n) is 3.36. The van der Waals surface area contributed by atoms with Crippen molar-refractivity contribution in [3.8, 4) is 12.1 Å². The number of rotatable bonds is 3. The Morgan fingerprint density at radius 1 is 1.21 bits per heavy atom. The van der Waals surface area contributed by atoms with Crippen molar-refractivity contribution in [3.05, 3.63) is 29.3 Å². The molecular formula is C11H5F4N3O. The van der Waals surface area contributed by atoms with Gasteiger partial charge in [-0.1, -0.05) is 0 Å². The van der Waals surface area contributed by atoms with Crippen molar-refractivity contribution in [1.82, 2.24) is 0 Å². The van der Waals surface area contributed by atoms with Gasteiger partial charge in [0, 0.05) is 5.69 Å². The van der Waals surface area contributed by atoms with Crippen LogP contribution in [0, 0.1) is 22.7 Å². The van der Waals surface area contributed by atoms with Crippen molar-refractivity contribution < 1.29 is 22.4 Å². The molecule has 0 heterocycles. The van der Waals surface area contributed by atoms with Crippen molar-refractivity contribution in [1.29, 1.82) is 10.5 Å². The van der Waals surface area contributed by atoms with Crippen LogP contribution in [0.4, 0.5) is 23.2 Å². The summed E-state index contributed by atoms with van der Waals surface area (Å²) in [6, 6.07) is 6.39. The molecule has 0 aliphatic rings. The van der Waals surface area contributed by atoms with E-state index < -0.39 is 18.3 Å². The van der Waals surface area contributed by atoms with Crippen LogP contribution in [0.2, 0.25) is 0 Å². The fourth-order valence-corrected chi connectivity index (χ4v) is 1.13. The summed E-state index contributed by atoms with van der Waals surface area (Å²) in [4.78, 5) is 10.9. The van der Waals surface area contributed by atoms with Crippen LogP contribution in [-0.4, -0.2) is 18.3 Å². The first-order valence-electron chi connectivity index (χ1n) is 4.74. The van der Waals surface area contributed by atoms with Crippen molar-refractivity contribution in [2.75, 3.05) is 5.32 Å². The highest BCUT2D eigenvalue weighted by molar-refractivity contribution is 5.96. The molecule has 1 aromatic carbocycles. The maximum atomic E-state index is 12.7. The lowest BCUT2D eigenvalue weighted by Gasteiger charge is -2.14. The summed E-state index contributed by atoms with van der Waals surface area (Å²) in [6.07, 6.45) is -4.14. The molecule has 4 nitrogen and oxygen atoms in total. The van der Waals surface area contributed by atoms with E-state index in [4.69, 9.17) is 10.5 Å². The fourth-order valence-electron chi connectivity index (χ4n) is 1.13. The molecule has 0 spiro atoms. The lowest BCUT2D eigenvalue weighted by molar-refractivity contribution is -0.163. The highest BCUT2D eigenvalue weighted by Crippen LogP contribution is 2.25. The van der Waals surface area contributed by atoms with E-state index in [2.05, 4.69) is 0 Å². The molecule has 0 bridgehead atoms. The number of benzene rings is 1. The Morgan fingerprint density at radius 2 is 1.79 bits per heavy atom. The van der Waals surface area contributed by atoms with E-state index in [0.717, 1.165) is 18.2 Å². The number of carbonyl (C=O) groups is 1. The number of hydrogen-bond donors (Lipinski definition) is 1. The topological polar surface area (TPSA) is 76.7 Å². The molecule has 0 saturated carbocycles. The van der Waals surface area contributed by atoms with Gasteiger partial charge in [-0.05, 0) is 18.2 Å². The van der Waals surface area contributed by atoms with Crippen LogP contribution in [0.15, 0.2) is 18.2 Å². The summed E-state index contributed by atoms with van der Waals surface area (Å²) in [5.74, 6) is -7.02. The van der Waals surface area contributed by atoms with Gasteiger partial charge in [0.25, 0.3) is 0 Å². The van der Waals surface area contributed by atoms with Crippen LogP contribution in [0.3, 0.4) is 0 Å². The Morgan fingerprint density at radius 3 is 2.26 bits per heavy atom. The van der Waals surface area contributed by atoms with Gasteiger partial charge in [0.05, 0.1) is 11.1 Å². The maximum absolute atomic E-state index is 12.7. The van der Waals surface area contributed by atoms with E-state index in [9.17, 15) is 22.4 Å². The zero-order valence-corrected chi connectivity index (χ0v) is 9.12. The molecule has 0 aliphatic carbocycles. The zero-order valence-electron chi connectivity index (χ0n) is 9.12. The largest absolute Gasteiger partial charge is 0.383 e. The lowest BCUT2D eigenvalue weighted by Crippen LogP contribution is -2.41. The molecule has 0 radical (unpaired) electrons. The molecule has 0 fully saturated rings. The Balaban J connectivity index is 3.00. The Labute approximate surface area is 104 Å². The minimum Gasteiger partial charge on any atom is -0.321 e. The molecule has 19 heavy (non-hydrogen) atoms. The van der Waals surface area contributed by atoms with Crippen LogP contribution >= 0.6 is 0 Å². The monoisotopic (exact) mass is 271 g/mol. The van der Waals surface area contributed by atoms with Crippen molar-refractivity contribution in [2.45, 2.75) is 12.3 Å². The first kappa shape index (κ1) is 14.5. The average Bonchev–Trinajstić information content (AvgIpc) is 2.38. The molecule has 1 aromatic rings. The highest BCUT2D eigenvalue weighted by atomic mass is 19.3. The summed E-state index contributed by atoms with van der Waals surface area (Å²) in [6.45, 7) is 0. The first-order valence-corrected chi connectivity index (χ1v) is 4.74. The third kappa shape index (κ3) is 2.99. The number of hydrogen-bond acceptors (Lipinski definition) is 3. The summed E-state index contributed by atoms with van der Waals surface area (Å²) in [5.41, 5.74) is -0.470. The number of halogens is 4. The number of nitrogens with zero attached hydrogens (tertiary/aromatic N) is 2. The molecule has 0 saturated heterocycles. The van der Waals surface area contributed by atoms with Crippen LogP contribution in [0.1, 0.15) is 11.1 Å². The standard InChI is InChI=1S/C11H5F4N3O/c12-9(13)11(14,15)10(19)18-8-2-1-6(4-16)7(3-8)5-17/h1-3,9H,(H,18,19). The van der Waals surface area contributed by atoms with E-state index >= 15 is 0 Å². The number of carbonyl (C=O) groups excluding carboxylic acids is 1. The van der Waals surface area contributed by atoms with Gasteiger partial charge < -0.3 is 5.32 Å². The van der Waals surface area contributed by atoms with Crippen LogP contribution in [-0.2, 0) is 4.79 Å². The lowest BCUT2D eigenvalue weighted by atomic mass is 10.1. The van der Waals surface area contributed by atoms with Crippen LogP contribution < -0.4 is 5.32 Å². The zero-order chi connectivity index (χ0) is 14.6. The second-order valence-corrected chi connectivity index (χ2v) is 3.36. The minimum atomic E-state index is -4.83. The van der Waals surface area contributed by atoms with Crippen molar-refractivity contribution in [3.63, 3.8) is 0 Å². The number of amides is 1. The quantitative estimate of drug-likeness (QED) is 0.856. The molecular weight excluding hydrogens is 266 g/mol. The van der Waals surface area contributed by atoms with E-state index in [-0.39, 0.29) is 16.8 Å². The van der Waals surface area contributed by atoms with E-state index in [1.165, 1.54) is 0 Å². The fraction of sp³-hybridized carbons (Fsp3) is 0.182. The Kier molecular flexibility index (Phi) is 4.07. The normalized spacial score (nSPS) is 10.7. The Hall–Kier alpha value is -2.61. The summed E-state index contributed by atoms with van der Waals surface area (Å²) >= 11 is 0. The molecule has 1 amide bonds. The van der Waals surface area contributed by atoms with Gasteiger partial charge in [0.2, 0.25) is 0 Å². The number of anilines is 1. The third-order valence-electron chi connectivity index (χ3n) is 2.10. The third-order valence-corrected chi connectivity index (χ3v) is 2.10. The van der Waals surface area contributed by atoms with Gasteiger partial charge in [-0.2, -0.15) is 19.3 Å². The molecule has 0 aromatic heterocycles. The SMILES string of the molecule is N#Cc1ccc(NC(=O)C(F)(F)C(F)F)cc1C#N. The van der Waals surface area contributed by atoms with Gasteiger partial charge in [-0.15, -0.1) is 0 Å². The first-order chi connectivity index (χ1) is 8.82. The Bertz CT molecular complexity index is 587. The maximum Gasteiger partial charge on any atom is 0.383 e. The van der Waals surface area contributed by atoms with Crippen LogP contribution in [0.25, 0.3) is 0 Å². The van der Waals surface area contributed by atoms with E-state index in [0.29, 0.717) is 0 Å². The molecule has 0 unspecified atom stereocenters. The van der Waals surface area contributed by atoms with E-state index in [1.54, 1.807) is 17.5 Å². The van der Waals surface area contributed by atoms with Crippen molar-refractivity contribution in [2.24, 2.45) is 0 Å². The molecule has 8 heteroatoms. The van der Waals surface area contributed by atoms with Gasteiger partial charge in [0.1, 0.15) is 12.1 Å². The van der Waals surface area contributed by atoms with Crippen molar-refractivity contribution >= 4 is 11.6 Å². The molecule has 0 aliphatic heterocycles. The van der Waals surface area contributed by atoms with Gasteiger partial charge >= 0.3 is 18.3 Å². The van der Waals surface area contributed by atoms with E-state index in [1.807, 2.05) is 0 Å². The van der Waals surface area contributed by atoms with Gasteiger partial charge in [-0.3, -0.25) is 4.79 Å². The van der Waals surface area contributed by atoms with Gasteiger partial charge in [-0.25, -0.2) is 8.78 Å². The smallest absolute Gasteiger partial charge is 0.321 e. The molecule has 1 rings (SSSR count). The summed E-state index contributed by atoms with van der Waals surface area (Å²) in [7, 11) is 0. The molecule has 98 valence electrons. The number of nitrogens with one attached hydrogen (secondary N) is 1. The van der Waals surface area contributed by atoms with Crippen LogP contribution in [0.5, 0.6) is 0 Å². The van der Waals surface area contributed by atoms with Gasteiger partial charge in [0.15, 0.2) is 0 Å². The second kappa shape index (κ2) is 5.36. The molecule has 0 atom stereocenters. The molecule has 1 N–H and O–H groups in total. The number of alkyl halides is 4.